The van der Waals surface area contributed by atoms with E-state index in [9.17, 15) is 14.7 Å². The molecule has 7 atom stereocenters. The van der Waals surface area contributed by atoms with Crippen LogP contribution in [0.1, 0.15) is 52.4 Å². The zero-order valence-corrected chi connectivity index (χ0v) is 20.0. The minimum absolute atomic E-state index is 0.00172. The van der Waals surface area contributed by atoms with E-state index in [4.69, 9.17) is 0 Å². The maximum atomic E-state index is 13.7. The summed E-state index contributed by atoms with van der Waals surface area (Å²) < 4.78 is 0. The predicted molar refractivity (Wildman–Crippen MR) is 133 cm³/mol. The van der Waals surface area contributed by atoms with Crippen LogP contribution in [-0.2, 0) is 9.59 Å². The summed E-state index contributed by atoms with van der Waals surface area (Å²) in [5, 5.41) is 18.3. The smallest absolute Gasteiger partial charge is 0.243 e. The molecule has 0 unspecified atom stereocenters. The van der Waals surface area contributed by atoms with Gasteiger partial charge in [-0.05, 0) is 91.4 Å². The van der Waals surface area contributed by atoms with Crippen LogP contribution in [0.3, 0.4) is 0 Å². The fourth-order valence-corrected chi connectivity index (χ4v) is 8.35. The molecule has 178 valence electrons. The number of hydrogen-bond acceptors (Lipinski definition) is 3. The van der Waals surface area contributed by atoms with Gasteiger partial charge in [0.25, 0.3) is 0 Å². The monoisotopic (exact) mass is 458 g/mol. The lowest BCUT2D eigenvalue weighted by molar-refractivity contribution is -0.129. The highest BCUT2D eigenvalue weighted by Crippen LogP contribution is 2.65. The van der Waals surface area contributed by atoms with Gasteiger partial charge in [0, 0.05) is 28.4 Å². The molecule has 0 bridgehead atoms. The van der Waals surface area contributed by atoms with Gasteiger partial charge in [-0.25, -0.2) is 0 Å². The Morgan fingerprint density at radius 3 is 2.76 bits per heavy atom. The SMILES string of the molecule is C[C@]12C=CC(=O)N[C@@H]1CC[C@@H]1[C@@H]2CC[C@]2(C)[C@@H](C(=O)Nc3cccc4ccc(O)cc34)CC[C@@H]12. The van der Waals surface area contributed by atoms with Crippen molar-refractivity contribution in [3.05, 3.63) is 48.6 Å². The molecule has 1 heterocycles. The zero-order chi connectivity index (χ0) is 23.7. The van der Waals surface area contributed by atoms with Gasteiger partial charge in [0.05, 0.1) is 0 Å². The summed E-state index contributed by atoms with van der Waals surface area (Å²) in [6.45, 7) is 4.69. The average Bonchev–Trinajstić information content (AvgIpc) is 3.17. The molecule has 3 N–H and O–H groups in total. The third-order valence-corrected chi connectivity index (χ3v) is 10.1. The summed E-state index contributed by atoms with van der Waals surface area (Å²) in [7, 11) is 0. The summed E-state index contributed by atoms with van der Waals surface area (Å²) in [6.07, 6.45) is 10.3. The molecule has 6 rings (SSSR count). The Labute approximate surface area is 201 Å². The molecule has 2 aromatic carbocycles. The summed E-state index contributed by atoms with van der Waals surface area (Å²) in [5.41, 5.74) is 0.793. The van der Waals surface area contributed by atoms with Crippen molar-refractivity contribution in [3.63, 3.8) is 0 Å². The van der Waals surface area contributed by atoms with E-state index in [1.807, 2.05) is 24.3 Å². The predicted octanol–water partition coefficient (Wildman–Crippen LogP) is 5.40. The molecule has 0 radical (unpaired) electrons. The molecule has 3 saturated carbocycles. The maximum Gasteiger partial charge on any atom is 0.243 e. The second-order valence-electron chi connectivity index (χ2n) is 11.6. The number of carbonyl (C=O) groups is 2. The largest absolute Gasteiger partial charge is 0.508 e. The van der Waals surface area contributed by atoms with E-state index in [0.717, 1.165) is 55.0 Å². The average molecular weight is 459 g/mol. The van der Waals surface area contributed by atoms with Gasteiger partial charge >= 0.3 is 0 Å². The molecule has 1 aliphatic heterocycles. The molecule has 34 heavy (non-hydrogen) atoms. The van der Waals surface area contributed by atoms with Gasteiger partial charge in [-0.2, -0.15) is 0 Å². The van der Waals surface area contributed by atoms with E-state index < -0.39 is 0 Å². The molecule has 0 spiro atoms. The Morgan fingerprint density at radius 2 is 1.91 bits per heavy atom. The molecule has 5 heteroatoms. The van der Waals surface area contributed by atoms with E-state index in [-0.39, 0.29) is 40.4 Å². The topological polar surface area (TPSA) is 78.4 Å². The minimum Gasteiger partial charge on any atom is -0.508 e. The number of benzene rings is 2. The Balaban J connectivity index is 1.25. The lowest BCUT2D eigenvalue weighted by Crippen LogP contribution is -2.59. The third-order valence-electron chi connectivity index (χ3n) is 10.1. The van der Waals surface area contributed by atoms with E-state index in [1.54, 1.807) is 18.2 Å². The number of phenolic OH excluding ortho intramolecular Hbond substituents is 1. The molecule has 0 saturated heterocycles. The van der Waals surface area contributed by atoms with Gasteiger partial charge in [0.2, 0.25) is 11.8 Å². The first-order valence-electron chi connectivity index (χ1n) is 12.8. The molecule has 3 fully saturated rings. The van der Waals surface area contributed by atoms with Gasteiger partial charge < -0.3 is 15.7 Å². The van der Waals surface area contributed by atoms with Crippen LogP contribution >= 0.6 is 0 Å². The lowest BCUT2D eigenvalue weighted by Gasteiger charge is -2.58. The molecule has 2 aromatic rings. The van der Waals surface area contributed by atoms with Crippen LogP contribution in [0, 0.1) is 34.5 Å². The van der Waals surface area contributed by atoms with E-state index >= 15 is 0 Å². The standard InChI is InChI=1S/C29H34N2O3/c1-28-14-12-22-19(8-11-25-29(22,2)15-13-26(33)31-25)21(28)9-10-23(28)27(34)30-24-5-3-4-17-6-7-18(32)16-20(17)24/h3-7,13,15-16,19,21-23,25,32H,8-12,14H2,1-2H3,(H,30,34)(H,31,33)/t19-,21-,22-,23+,25+,28-,29+/m0/s1. The van der Waals surface area contributed by atoms with Crippen LogP contribution in [0.5, 0.6) is 5.75 Å². The summed E-state index contributed by atoms with van der Waals surface area (Å²) in [5.74, 6) is 2.07. The second kappa shape index (κ2) is 7.59. The van der Waals surface area contributed by atoms with Gasteiger partial charge in [-0.1, -0.05) is 38.1 Å². The summed E-state index contributed by atoms with van der Waals surface area (Å²) in [6, 6.07) is 11.4. The number of phenols is 1. The molecule has 5 nitrogen and oxygen atoms in total. The summed E-state index contributed by atoms with van der Waals surface area (Å²) in [4.78, 5) is 25.6. The van der Waals surface area contributed by atoms with Crippen molar-refractivity contribution in [2.45, 2.75) is 58.4 Å². The molecule has 0 aromatic heterocycles. The van der Waals surface area contributed by atoms with E-state index in [1.165, 1.54) is 0 Å². The van der Waals surface area contributed by atoms with Crippen molar-refractivity contribution in [2.75, 3.05) is 5.32 Å². The number of fused-ring (bicyclic) bond motifs is 6. The fourth-order valence-electron chi connectivity index (χ4n) is 8.35. The van der Waals surface area contributed by atoms with Crippen molar-refractivity contribution in [1.29, 1.82) is 0 Å². The number of hydrogen-bond donors (Lipinski definition) is 3. The van der Waals surface area contributed by atoms with Crippen LogP contribution in [0.2, 0.25) is 0 Å². The molecular formula is C29H34N2O3. The highest BCUT2D eigenvalue weighted by molar-refractivity contribution is 6.03. The highest BCUT2D eigenvalue weighted by Gasteiger charge is 2.60. The molecule has 2 amide bonds. The first-order valence-corrected chi connectivity index (χ1v) is 12.8. The number of anilines is 1. The first kappa shape index (κ1) is 21.7. The third kappa shape index (κ3) is 3.12. The highest BCUT2D eigenvalue weighted by atomic mass is 16.3. The van der Waals surface area contributed by atoms with Crippen molar-refractivity contribution >= 4 is 28.3 Å². The molecule has 3 aliphatic carbocycles. The maximum absolute atomic E-state index is 13.7. The number of nitrogens with one attached hydrogen (secondary N) is 2. The fraction of sp³-hybridized carbons (Fsp3) is 0.517. The van der Waals surface area contributed by atoms with Crippen LogP contribution in [0.25, 0.3) is 10.8 Å². The van der Waals surface area contributed by atoms with Gasteiger partial charge in [-0.3, -0.25) is 9.59 Å². The van der Waals surface area contributed by atoms with E-state index in [2.05, 4.69) is 30.6 Å². The van der Waals surface area contributed by atoms with Crippen molar-refractivity contribution in [2.24, 2.45) is 34.5 Å². The summed E-state index contributed by atoms with van der Waals surface area (Å²) >= 11 is 0. The Bertz CT molecular complexity index is 1210. The molecule has 4 aliphatic rings. The van der Waals surface area contributed by atoms with Crippen LogP contribution in [-0.4, -0.2) is 23.0 Å². The van der Waals surface area contributed by atoms with Crippen molar-refractivity contribution < 1.29 is 14.7 Å². The van der Waals surface area contributed by atoms with Crippen molar-refractivity contribution in [3.8, 4) is 5.75 Å². The van der Waals surface area contributed by atoms with Gasteiger partial charge in [-0.15, -0.1) is 0 Å². The lowest BCUT2D eigenvalue weighted by atomic mass is 9.48. The minimum atomic E-state index is -0.00172. The Kier molecular flexibility index (Phi) is 4.84. The van der Waals surface area contributed by atoms with Gasteiger partial charge in [0.15, 0.2) is 0 Å². The van der Waals surface area contributed by atoms with E-state index in [0.29, 0.717) is 17.8 Å². The normalized spacial score (nSPS) is 38.5. The van der Waals surface area contributed by atoms with Crippen LogP contribution < -0.4 is 10.6 Å². The quantitative estimate of drug-likeness (QED) is 0.564. The number of aromatic hydroxyl groups is 1. The number of rotatable bonds is 2. The second-order valence-corrected chi connectivity index (χ2v) is 11.6. The first-order chi connectivity index (χ1) is 16.3. The van der Waals surface area contributed by atoms with Crippen LogP contribution in [0.4, 0.5) is 5.69 Å². The molecular weight excluding hydrogens is 424 g/mol. The van der Waals surface area contributed by atoms with Crippen LogP contribution in [0.15, 0.2) is 48.6 Å². The zero-order valence-electron chi connectivity index (χ0n) is 20.0. The van der Waals surface area contributed by atoms with Crippen molar-refractivity contribution in [1.82, 2.24) is 5.32 Å². The Hall–Kier alpha value is -2.82. The Morgan fingerprint density at radius 1 is 1.06 bits per heavy atom. The number of amides is 2. The van der Waals surface area contributed by atoms with Gasteiger partial charge in [0.1, 0.15) is 5.75 Å². The number of carbonyl (C=O) groups excluding carboxylic acids is 2.